The Morgan fingerprint density at radius 1 is 1.10 bits per heavy atom. The molecule has 0 unspecified atom stereocenters. The molecule has 0 aliphatic carbocycles. The van der Waals surface area contributed by atoms with Crippen LogP contribution in [0, 0.1) is 10.5 Å². The topological polar surface area (TPSA) is 47.6 Å². The molecule has 2 aromatic rings. The van der Waals surface area contributed by atoms with Crippen LogP contribution in [-0.4, -0.2) is 19.1 Å². The van der Waals surface area contributed by atoms with Crippen molar-refractivity contribution in [1.29, 1.82) is 0 Å². The molecule has 1 aliphatic rings. The van der Waals surface area contributed by atoms with Crippen molar-refractivity contribution >= 4 is 34.2 Å². The fraction of sp³-hybridized carbons (Fsp3) is 0.188. The van der Waals surface area contributed by atoms with Crippen LogP contribution in [0.2, 0.25) is 0 Å². The third kappa shape index (κ3) is 3.12. The van der Waals surface area contributed by atoms with Crippen molar-refractivity contribution in [3.63, 3.8) is 0 Å². The minimum atomic E-state index is -0.129. The molecule has 1 aliphatic heterocycles. The Bertz CT molecular complexity index is 700. The van der Waals surface area contributed by atoms with E-state index in [4.69, 9.17) is 9.47 Å². The first kappa shape index (κ1) is 14.2. The molecule has 0 saturated heterocycles. The zero-order chi connectivity index (χ0) is 14.8. The Kier molecular flexibility index (Phi) is 4.01. The van der Waals surface area contributed by atoms with E-state index in [1.165, 1.54) is 0 Å². The van der Waals surface area contributed by atoms with Crippen molar-refractivity contribution < 1.29 is 14.3 Å². The van der Waals surface area contributed by atoms with Crippen LogP contribution in [0.1, 0.15) is 15.9 Å². The number of fused-ring (bicyclic) bond motifs is 1. The maximum atomic E-state index is 12.3. The number of nitrogens with one attached hydrogen (secondary N) is 1. The number of amides is 1. The van der Waals surface area contributed by atoms with Crippen molar-refractivity contribution in [3.8, 4) is 11.5 Å². The highest BCUT2D eigenvalue weighted by Gasteiger charge is 2.14. The van der Waals surface area contributed by atoms with Crippen LogP contribution in [0.15, 0.2) is 36.4 Å². The van der Waals surface area contributed by atoms with E-state index in [9.17, 15) is 4.79 Å². The molecule has 21 heavy (non-hydrogen) atoms. The van der Waals surface area contributed by atoms with E-state index in [-0.39, 0.29) is 5.91 Å². The number of hydrogen-bond acceptors (Lipinski definition) is 3. The van der Waals surface area contributed by atoms with Crippen molar-refractivity contribution in [2.75, 3.05) is 18.5 Å². The average molecular weight is 395 g/mol. The molecule has 0 fully saturated rings. The summed E-state index contributed by atoms with van der Waals surface area (Å²) in [5.41, 5.74) is 2.49. The zero-order valence-electron chi connectivity index (χ0n) is 11.5. The molecular weight excluding hydrogens is 381 g/mol. The first-order valence-corrected chi connectivity index (χ1v) is 7.68. The van der Waals surface area contributed by atoms with Gasteiger partial charge in [-0.2, -0.15) is 0 Å². The quantitative estimate of drug-likeness (QED) is 0.791. The summed E-state index contributed by atoms with van der Waals surface area (Å²) in [5.74, 6) is 1.25. The highest BCUT2D eigenvalue weighted by molar-refractivity contribution is 14.1. The predicted molar refractivity (Wildman–Crippen MR) is 89.3 cm³/mol. The van der Waals surface area contributed by atoms with Gasteiger partial charge in [0.25, 0.3) is 5.91 Å². The Balaban J connectivity index is 1.81. The summed E-state index contributed by atoms with van der Waals surface area (Å²) in [6.07, 6.45) is 0. The van der Waals surface area contributed by atoms with Gasteiger partial charge >= 0.3 is 0 Å². The van der Waals surface area contributed by atoms with Gasteiger partial charge in [0, 0.05) is 15.3 Å². The molecule has 1 heterocycles. The summed E-state index contributed by atoms with van der Waals surface area (Å²) in [7, 11) is 0. The summed E-state index contributed by atoms with van der Waals surface area (Å²) >= 11 is 2.17. The lowest BCUT2D eigenvalue weighted by molar-refractivity contribution is 0.102. The summed E-state index contributed by atoms with van der Waals surface area (Å²) in [6, 6.07) is 11.2. The lowest BCUT2D eigenvalue weighted by Gasteiger charge is -2.19. The van der Waals surface area contributed by atoms with E-state index in [0.717, 1.165) is 9.13 Å². The second kappa shape index (κ2) is 5.93. The molecule has 0 aromatic heterocycles. The van der Waals surface area contributed by atoms with Gasteiger partial charge in [-0.1, -0.05) is 11.6 Å². The number of carbonyl (C=O) groups is 1. The molecule has 3 rings (SSSR count). The third-order valence-corrected chi connectivity index (χ3v) is 4.06. The van der Waals surface area contributed by atoms with Crippen molar-refractivity contribution in [2.45, 2.75) is 6.92 Å². The summed E-state index contributed by atoms with van der Waals surface area (Å²) in [5, 5.41) is 2.89. The van der Waals surface area contributed by atoms with Gasteiger partial charge in [-0.15, -0.1) is 0 Å². The maximum absolute atomic E-state index is 12.3. The second-order valence-electron chi connectivity index (χ2n) is 4.80. The first-order valence-electron chi connectivity index (χ1n) is 6.60. The summed E-state index contributed by atoms with van der Waals surface area (Å²) in [4.78, 5) is 12.3. The van der Waals surface area contributed by atoms with Gasteiger partial charge in [-0.3, -0.25) is 4.79 Å². The largest absolute Gasteiger partial charge is 0.486 e. The molecule has 1 N–H and O–H groups in total. The molecule has 0 atom stereocenters. The van der Waals surface area contributed by atoms with Gasteiger partial charge in [-0.05, 0) is 53.8 Å². The second-order valence-corrected chi connectivity index (χ2v) is 5.96. The summed E-state index contributed by atoms with van der Waals surface area (Å²) in [6.45, 7) is 3.09. The van der Waals surface area contributed by atoms with Gasteiger partial charge in [0.1, 0.15) is 13.2 Å². The Morgan fingerprint density at radius 2 is 1.86 bits per heavy atom. The van der Waals surface area contributed by atoms with E-state index < -0.39 is 0 Å². The smallest absolute Gasteiger partial charge is 0.256 e. The molecule has 4 nitrogen and oxygen atoms in total. The van der Waals surface area contributed by atoms with Crippen LogP contribution in [-0.2, 0) is 0 Å². The fourth-order valence-electron chi connectivity index (χ4n) is 2.12. The molecule has 0 spiro atoms. The van der Waals surface area contributed by atoms with Crippen LogP contribution in [0.25, 0.3) is 0 Å². The zero-order valence-corrected chi connectivity index (χ0v) is 13.6. The number of carbonyl (C=O) groups excluding carboxylic acids is 1. The van der Waals surface area contributed by atoms with Crippen molar-refractivity contribution in [1.82, 2.24) is 0 Å². The number of hydrogen-bond donors (Lipinski definition) is 1. The van der Waals surface area contributed by atoms with Crippen LogP contribution in [0.5, 0.6) is 11.5 Å². The molecule has 0 bridgehead atoms. The molecule has 1 amide bonds. The van der Waals surface area contributed by atoms with Gasteiger partial charge in [-0.25, -0.2) is 0 Å². The standard InChI is InChI=1S/C16H14INO3/c1-10-2-4-12(13(17)8-10)16(19)18-11-3-5-14-15(9-11)21-7-6-20-14/h2-5,8-9H,6-7H2,1H3,(H,18,19). The van der Waals surface area contributed by atoms with Gasteiger partial charge < -0.3 is 14.8 Å². The SMILES string of the molecule is Cc1ccc(C(=O)Nc2ccc3c(c2)OCCO3)c(I)c1. The lowest BCUT2D eigenvalue weighted by atomic mass is 10.1. The van der Waals surface area contributed by atoms with E-state index in [1.807, 2.05) is 37.3 Å². The highest BCUT2D eigenvalue weighted by atomic mass is 127. The van der Waals surface area contributed by atoms with Crippen molar-refractivity contribution in [3.05, 3.63) is 51.1 Å². The van der Waals surface area contributed by atoms with E-state index >= 15 is 0 Å². The predicted octanol–water partition coefficient (Wildman–Crippen LogP) is 3.62. The van der Waals surface area contributed by atoms with Gasteiger partial charge in [0.2, 0.25) is 0 Å². The van der Waals surface area contributed by atoms with Crippen molar-refractivity contribution in [2.24, 2.45) is 0 Å². The van der Waals surface area contributed by atoms with Gasteiger partial charge in [0.15, 0.2) is 11.5 Å². The van der Waals surface area contributed by atoms with Crippen LogP contribution in [0.4, 0.5) is 5.69 Å². The Labute approximate surface area is 136 Å². The third-order valence-electron chi connectivity index (χ3n) is 3.17. The Morgan fingerprint density at radius 3 is 2.62 bits per heavy atom. The first-order chi connectivity index (χ1) is 10.1. The van der Waals surface area contributed by atoms with E-state index in [1.54, 1.807) is 6.07 Å². The molecule has 0 saturated carbocycles. The molecular formula is C16H14INO3. The average Bonchev–Trinajstić information content (AvgIpc) is 2.47. The van der Waals surface area contributed by atoms with Crippen LogP contribution < -0.4 is 14.8 Å². The number of aryl methyl sites for hydroxylation is 1. The van der Waals surface area contributed by atoms with Gasteiger partial charge in [0.05, 0.1) is 5.56 Å². The Hall–Kier alpha value is -1.76. The highest BCUT2D eigenvalue weighted by Crippen LogP contribution is 2.32. The molecule has 108 valence electrons. The monoisotopic (exact) mass is 395 g/mol. The molecule has 0 radical (unpaired) electrons. The van der Waals surface area contributed by atoms with Crippen LogP contribution >= 0.6 is 22.6 Å². The molecule has 2 aromatic carbocycles. The van der Waals surface area contributed by atoms with Crippen LogP contribution in [0.3, 0.4) is 0 Å². The fourth-order valence-corrected chi connectivity index (χ4v) is 3.04. The van der Waals surface area contributed by atoms with E-state index in [2.05, 4.69) is 27.9 Å². The minimum Gasteiger partial charge on any atom is -0.486 e. The number of benzene rings is 2. The minimum absolute atomic E-state index is 0.129. The lowest BCUT2D eigenvalue weighted by Crippen LogP contribution is -2.17. The number of rotatable bonds is 2. The summed E-state index contributed by atoms with van der Waals surface area (Å²) < 4.78 is 11.9. The number of ether oxygens (including phenoxy) is 2. The molecule has 5 heteroatoms. The van der Waals surface area contributed by atoms with E-state index in [0.29, 0.717) is 36.0 Å². The maximum Gasteiger partial charge on any atom is 0.256 e. The number of halogens is 1. The number of anilines is 1. The normalized spacial score (nSPS) is 12.9.